The van der Waals surface area contributed by atoms with Crippen LogP contribution in [0.1, 0.15) is 343 Å². The summed E-state index contributed by atoms with van der Waals surface area (Å²) in [4.78, 5) is 108. The molecule has 150 heavy (non-hydrogen) atoms. The topological polar surface area (TPSA) is 236 Å². The Balaban J connectivity index is 0.000000344. The molecule has 14 saturated heterocycles. The van der Waals surface area contributed by atoms with Crippen molar-refractivity contribution in [2.24, 2.45) is 48.7 Å². The predicted molar refractivity (Wildman–Crippen MR) is 617 cm³/mol. The Morgan fingerprint density at radius 3 is 0.853 bits per heavy atom. The maximum atomic E-state index is 14.1. The molecule has 14 rings (SSSR count). The van der Waals surface area contributed by atoms with Crippen LogP contribution >= 0.6 is 0 Å². The maximum absolute atomic E-state index is 14.1. The molecule has 0 atom stereocenters. The van der Waals surface area contributed by atoms with Gasteiger partial charge in [-0.25, -0.2) is 8.78 Å². The molecule has 6 amide bonds. The second-order valence-corrected chi connectivity index (χ2v) is 60.7. The van der Waals surface area contributed by atoms with Gasteiger partial charge in [0.15, 0.2) is 0 Å². The highest BCUT2D eigenvalue weighted by Crippen LogP contribution is 2.47. The molecule has 0 aromatic heterocycles. The zero-order valence-electron chi connectivity index (χ0n) is 107. The van der Waals surface area contributed by atoms with Crippen LogP contribution in [0.4, 0.5) is 8.78 Å². The molecule has 14 heterocycles. The number of carbonyl (C=O) groups is 6. The van der Waals surface area contributed by atoms with Crippen LogP contribution in [0.15, 0.2) is 0 Å². The molecular formula is C120H232F2N20O8. The van der Waals surface area contributed by atoms with Crippen molar-refractivity contribution in [3.8, 4) is 12.1 Å². The van der Waals surface area contributed by atoms with Crippen molar-refractivity contribution in [3.05, 3.63) is 0 Å². The van der Waals surface area contributed by atoms with E-state index in [1.165, 1.54) is 76.4 Å². The Bertz CT molecular complexity index is 4200. The first-order valence-electron chi connectivity index (χ1n) is 57.3. The van der Waals surface area contributed by atoms with Gasteiger partial charge in [-0.3, -0.25) is 82.7 Å². The van der Waals surface area contributed by atoms with Crippen LogP contribution in [-0.4, -0.2) is 457 Å². The Kier molecular flexibility index (Phi) is 46.9. The first-order chi connectivity index (χ1) is 67.6. The van der Waals surface area contributed by atoms with Crippen LogP contribution in [-0.2, 0) is 38.2 Å². The van der Waals surface area contributed by atoms with Gasteiger partial charge in [0.25, 0.3) is 11.8 Å². The highest BCUT2D eigenvalue weighted by molar-refractivity contribution is 5.88. The van der Waals surface area contributed by atoms with Gasteiger partial charge >= 0.3 is 0 Å². The summed E-state index contributed by atoms with van der Waals surface area (Å²) >= 11 is 0. The normalized spacial score (nSPS) is 23.4. The maximum Gasteiger partial charge on any atom is 0.262 e. The molecule has 0 spiro atoms. The number of hydrogen-bond acceptors (Lipinski definition) is 22. The minimum Gasteiger partial charge on any atom is -0.384 e. The molecule has 28 nitrogen and oxygen atoms in total. The van der Waals surface area contributed by atoms with Crippen molar-refractivity contribution in [1.82, 2.24) is 88.6 Å². The molecule has 14 fully saturated rings. The second kappa shape index (κ2) is 51.2. The summed E-state index contributed by atoms with van der Waals surface area (Å²) in [6, 6.07) is 4.69. The van der Waals surface area contributed by atoms with Crippen molar-refractivity contribution in [2.75, 3.05) is 266 Å². The minimum atomic E-state index is -1.66. The first kappa shape index (κ1) is 137. The van der Waals surface area contributed by atoms with Gasteiger partial charge in [-0.2, -0.15) is 10.5 Å². The number of carbonyl (C=O) groups excluding carboxylic acids is 6. The van der Waals surface area contributed by atoms with Crippen LogP contribution < -0.4 is 5.32 Å². The van der Waals surface area contributed by atoms with Crippen molar-refractivity contribution in [2.45, 2.75) is 415 Å². The lowest BCUT2D eigenvalue weighted by atomic mass is 9.73. The Morgan fingerprint density at radius 2 is 0.573 bits per heavy atom. The number of hydrogen-bond donors (Lipinski definition) is 1. The van der Waals surface area contributed by atoms with Crippen LogP contribution in [0.3, 0.4) is 0 Å². The van der Waals surface area contributed by atoms with Crippen LogP contribution in [0.5, 0.6) is 0 Å². The van der Waals surface area contributed by atoms with Crippen molar-refractivity contribution in [3.63, 3.8) is 0 Å². The third kappa shape index (κ3) is 36.8. The zero-order chi connectivity index (χ0) is 116. The van der Waals surface area contributed by atoms with Gasteiger partial charge in [-0.05, 0) is 306 Å². The Hall–Kier alpha value is -4.90. The number of nitrogens with zero attached hydrogens (tertiary/aromatic N) is 19. The number of alkyl halides is 2. The molecule has 14 aliphatic rings. The van der Waals surface area contributed by atoms with Gasteiger partial charge in [0.2, 0.25) is 35.0 Å². The number of methoxy groups -OCH3 is 2. The second-order valence-electron chi connectivity index (χ2n) is 60.7. The Labute approximate surface area is 918 Å². The highest BCUT2D eigenvalue weighted by atomic mass is 19.1. The van der Waals surface area contributed by atoms with E-state index in [2.05, 4.69) is 311 Å². The smallest absolute Gasteiger partial charge is 0.262 e. The lowest BCUT2D eigenvalue weighted by molar-refractivity contribution is -0.166. The van der Waals surface area contributed by atoms with Gasteiger partial charge in [0, 0.05) is 318 Å². The molecule has 0 unspecified atom stereocenters. The zero-order valence-corrected chi connectivity index (χ0v) is 107. The monoisotopic (exact) mass is 2120 g/mol. The molecule has 0 saturated carbocycles. The SMILES string of the molecule is CC(C)(C)N1CC(F)(C(=O)N2CCC2)C1.CC1(C#N)CN(C(C)(C)C)C1.CC1(C(=O)N2CCC2)CN(C(C)(C)C)C1.CCC1(C(=O)N(C)C)CN(C(C)(C)C)C1.CCC1(C(=O)N2CCC2)CN(C(C)(C)C)C1.CCC1(C)CN(C(C)(C)C)C1.CCNCC1(CC)CN(C(C)(C)C)C1.CN(C)C(=O)C1(C)CN(C(C)(C)C)C1.CN(C)C(=O)C1(F)CN(C(C)(C)C)C1.COCC1(C#N)CN(C(C)(C)C)C1.COCC1(C)CN(C(C)(C)C)C1. The van der Waals surface area contributed by atoms with Crippen LogP contribution in [0, 0.1) is 71.4 Å². The summed E-state index contributed by atoms with van der Waals surface area (Å²) in [5.74, 6) is 0.590. The number of nitrogens with one attached hydrogen (secondary N) is 1. The van der Waals surface area contributed by atoms with E-state index in [4.69, 9.17) is 20.0 Å². The van der Waals surface area contributed by atoms with Crippen molar-refractivity contribution in [1.29, 1.82) is 10.5 Å². The van der Waals surface area contributed by atoms with Crippen molar-refractivity contribution >= 4 is 35.4 Å². The number of ether oxygens (including phenoxy) is 2. The molecule has 0 aromatic carbocycles. The average Bonchev–Trinajstić information content (AvgIpc) is 0.718. The summed E-state index contributed by atoms with van der Waals surface area (Å²) in [7, 11) is 14.0. The predicted octanol–water partition coefficient (Wildman–Crippen LogP) is 17.1. The fourth-order valence-corrected chi connectivity index (χ4v) is 20.9. The largest absolute Gasteiger partial charge is 0.384 e. The fraction of sp³-hybridized carbons (Fsp3) is 0.933. The van der Waals surface area contributed by atoms with Gasteiger partial charge in [0.1, 0.15) is 5.41 Å². The van der Waals surface area contributed by atoms with Crippen LogP contribution in [0.25, 0.3) is 0 Å². The van der Waals surface area contributed by atoms with E-state index in [1.54, 1.807) is 43.0 Å². The van der Waals surface area contributed by atoms with E-state index in [9.17, 15) is 37.5 Å². The summed E-state index contributed by atoms with van der Waals surface area (Å²) in [5.41, 5.74) is -0.280. The summed E-state index contributed by atoms with van der Waals surface area (Å²) in [6.07, 6.45) is 7.93. The Morgan fingerprint density at radius 1 is 0.300 bits per heavy atom. The van der Waals surface area contributed by atoms with E-state index < -0.39 is 17.2 Å². The fourth-order valence-electron chi connectivity index (χ4n) is 20.9. The van der Waals surface area contributed by atoms with E-state index in [1.807, 2.05) is 96.3 Å². The number of halogens is 2. The molecule has 0 radical (unpaired) electrons. The molecule has 0 aliphatic carbocycles. The number of amides is 6. The van der Waals surface area contributed by atoms with Crippen LogP contribution in [0.2, 0.25) is 0 Å². The molecule has 14 aliphatic heterocycles. The number of likely N-dealkylation sites (tertiary alicyclic amines) is 14. The highest BCUT2D eigenvalue weighted by Gasteiger charge is 2.60. The van der Waals surface area contributed by atoms with E-state index in [-0.39, 0.29) is 121 Å². The van der Waals surface area contributed by atoms with E-state index in [0.717, 1.165) is 150 Å². The minimum absolute atomic E-state index is 0.0369. The van der Waals surface area contributed by atoms with Gasteiger partial charge in [-0.15, -0.1) is 0 Å². The first-order valence-corrected chi connectivity index (χ1v) is 57.3. The summed E-state index contributed by atoms with van der Waals surface area (Å²) in [5, 5.41) is 21.2. The molecule has 0 bridgehead atoms. The number of rotatable bonds is 17. The average molecular weight is 2120 g/mol. The molecule has 30 heteroatoms. The van der Waals surface area contributed by atoms with E-state index >= 15 is 0 Å². The lowest BCUT2D eigenvalue weighted by Gasteiger charge is -2.56. The number of nitriles is 2. The van der Waals surface area contributed by atoms with Gasteiger partial charge in [0.05, 0.1) is 52.4 Å². The molecule has 0 aromatic rings. The quantitative estimate of drug-likeness (QED) is 0.142. The van der Waals surface area contributed by atoms with Gasteiger partial charge in [-0.1, -0.05) is 48.5 Å². The standard InChI is InChI=1S/C13H24N2O.C12H22N2O.C12H24N2O.C12H26N2.C11H19FN2O.C11H22N2O.C10H19FN2O.C10H18N2O.C10H21NO.C10H21N.C9H16N2/c1-5-13(11(16)14-7-6-8-14)9-15(10-13)12(2,3)4;1-11(2,3)14-8-12(4,9-14)10(15)13-6-5-7-13;1-7-12(10(15)13(5)6)8-14(9-12)11(2,3)4;1-6-12(8-13-7-2)9-14(10-12)11(3,4)5;1-10(2,3)14-7-11(12,8-14)9(15)13-5-4-6-13;1-10(2,3)13-7-11(4,8-13)9(14)12(5)6;1-9(2,3)13-6-10(11,7-13)8(14)12(4)5;1-9(2,3)12-6-10(5-11,7-12)8-13-4;1-9(2,3)11-6-10(4,7-11)8-12-5;1-6-10(5)7-11(8-10)9(2,3)4;1-8(2,3)11-6-9(4,5-10)7-11/h5-10H2,1-4H3;5-9H2,1-4H3;7-9H2,1-6H3;13H,6-10H2,1-5H3;4-8H2,1-3H3;7-8H2,1-6H3;6-7H2,1-5H3;6-8H2,1-4H3;6-8H2,1-5H3;6-8H2,1-5H3;6-7H2,1-4H3. The van der Waals surface area contributed by atoms with Gasteiger partial charge < -0.3 is 44.2 Å². The molecule has 1 N–H and O–H groups in total. The third-order valence-corrected chi connectivity index (χ3v) is 34.2. The lowest BCUT2D eigenvalue weighted by Crippen LogP contribution is -2.71. The molecular weight excluding hydrogens is 1890 g/mol. The third-order valence-electron chi connectivity index (χ3n) is 34.2. The summed E-state index contributed by atoms with van der Waals surface area (Å²) < 4.78 is 38.3. The summed E-state index contributed by atoms with van der Waals surface area (Å²) in [6.45, 7) is 123. The van der Waals surface area contributed by atoms with E-state index in [0.29, 0.717) is 51.3 Å². The molecule has 874 valence electrons. The van der Waals surface area contributed by atoms with Crippen molar-refractivity contribution < 1.29 is 47.0 Å².